The molecule has 0 bridgehead atoms. The van der Waals surface area contributed by atoms with Gasteiger partial charge in [0.2, 0.25) is 0 Å². The number of hydrogen-bond donors (Lipinski definition) is 0. The molecule has 0 aliphatic rings. The maximum absolute atomic E-state index is 11.8. The van der Waals surface area contributed by atoms with Crippen molar-refractivity contribution in [2.75, 3.05) is 6.61 Å². The monoisotopic (exact) mass is 258 g/mol. The number of carbonyl (C=O) groups is 1. The highest BCUT2D eigenvalue weighted by Gasteiger charge is 2.12. The molecule has 0 atom stereocenters. The van der Waals surface area contributed by atoms with Crippen LogP contribution in [0.3, 0.4) is 0 Å². The second kappa shape index (κ2) is 6.26. The Morgan fingerprint density at radius 1 is 1.06 bits per heavy atom. The average Bonchev–Trinajstić information content (AvgIpc) is 2.41. The van der Waals surface area contributed by atoms with Crippen molar-refractivity contribution < 1.29 is 9.53 Å². The van der Waals surface area contributed by atoms with Crippen LogP contribution in [0.25, 0.3) is 0 Å². The summed E-state index contributed by atoms with van der Waals surface area (Å²) in [5.41, 5.74) is 0.619. The number of hydrogen-bond acceptors (Lipinski definition) is 3. The highest BCUT2D eigenvalue weighted by Crippen LogP contribution is 2.30. The normalized spacial score (nSPS) is 10.1. The highest BCUT2D eigenvalue weighted by molar-refractivity contribution is 7.99. The molecule has 0 aromatic heterocycles. The average molecular weight is 258 g/mol. The molecule has 0 amide bonds. The lowest BCUT2D eigenvalue weighted by molar-refractivity contribution is 0.0522. The van der Waals surface area contributed by atoms with Gasteiger partial charge in [-0.2, -0.15) is 0 Å². The summed E-state index contributed by atoms with van der Waals surface area (Å²) in [4.78, 5) is 13.8. The van der Waals surface area contributed by atoms with Gasteiger partial charge >= 0.3 is 5.97 Å². The van der Waals surface area contributed by atoms with E-state index in [9.17, 15) is 4.79 Å². The summed E-state index contributed by atoms with van der Waals surface area (Å²) in [5.74, 6) is -0.267. The first-order chi connectivity index (χ1) is 8.81. The summed E-state index contributed by atoms with van der Waals surface area (Å²) in [6.07, 6.45) is 0. The van der Waals surface area contributed by atoms with Crippen molar-refractivity contribution in [2.45, 2.75) is 16.7 Å². The van der Waals surface area contributed by atoms with Crippen molar-refractivity contribution in [3.05, 3.63) is 60.2 Å². The Kier molecular flexibility index (Phi) is 4.42. The van der Waals surface area contributed by atoms with Crippen LogP contribution in [0.15, 0.2) is 64.4 Å². The number of esters is 1. The fraction of sp³-hybridized carbons (Fsp3) is 0.133. The minimum absolute atomic E-state index is 0.267. The molecule has 0 radical (unpaired) electrons. The van der Waals surface area contributed by atoms with Gasteiger partial charge in [-0.1, -0.05) is 42.1 Å². The molecule has 2 rings (SSSR count). The third kappa shape index (κ3) is 3.14. The maximum atomic E-state index is 11.8. The van der Waals surface area contributed by atoms with Gasteiger partial charge in [0.25, 0.3) is 0 Å². The van der Waals surface area contributed by atoms with Crippen LogP contribution in [-0.4, -0.2) is 12.6 Å². The molecule has 0 spiro atoms. The van der Waals surface area contributed by atoms with Crippen LogP contribution in [0, 0.1) is 0 Å². The second-order valence-corrected chi connectivity index (χ2v) is 4.75. The van der Waals surface area contributed by atoms with Crippen molar-refractivity contribution in [3.63, 3.8) is 0 Å². The van der Waals surface area contributed by atoms with Crippen LogP contribution in [-0.2, 0) is 4.74 Å². The SMILES string of the molecule is CCOC(=O)c1ccccc1Sc1ccccc1. The van der Waals surface area contributed by atoms with Crippen LogP contribution in [0.2, 0.25) is 0 Å². The molecular formula is C15H14O2S. The van der Waals surface area contributed by atoms with E-state index in [1.165, 1.54) is 0 Å². The fourth-order valence-electron chi connectivity index (χ4n) is 1.55. The molecule has 0 saturated carbocycles. The minimum Gasteiger partial charge on any atom is -0.462 e. The lowest BCUT2D eigenvalue weighted by Crippen LogP contribution is -2.05. The van der Waals surface area contributed by atoms with Gasteiger partial charge < -0.3 is 4.74 Å². The molecule has 92 valence electrons. The van der Waals surface area contributed by atoms with Gasteiger partial charge in [-0.3, -0.25) is 0 Å². The van der Waals surface area contributed by atoms with E-state index in [1.54, 1.807) is 17.8 Å². The lowest BCUT2D eigenvalue weighted by atomic mass is 10.2. The van der Waals surface area contributed by atoms with Crippen molar-refractivity contribution in [2.24, 2.45) is 0 Å². The number of benzene rings is 2. The Hall–Kier alpha value is -1.74. The van der Waals surface area contributed by atoms with Gasteiger partial charge in [0.15, 0.2) is 0 Å². The fourth-order valence-corrected chi connectivity index (χ4v) is 2.50. The molecule has 0 unspecified atom stereocenters. The van der Waals surface area contributed by atoms with E-state index in [0.717, 1.165) is 9.79 Å². The molecule has 0 saturated heterocycles. The smallest absolute Gasteiger partial charge is 0.339 e. The summed E-state index contributed by atoms with van der Waals surface area (Å²) in [5, 5.41) is 0. The van der Waals surface area contributed by atoms with Gasteiger partial charge in [-0.05, 0) is 31.2 Å². The van der Waals surface area contributed by atoms with Crippen molar-refractivity contribution >= 4 is 17.7 Å². The van der Waals surface area contributed by atoms with E-state index < -0.39 is 0 Å². The molecule has 18 heavy (non-hydrogen) atoms. The predicted octanol–water partition coefficient (Wildman–Crippen LogP) is 4.01. The summed E-state index contributed by atoms with van der Waals surface area (Å²) in [6, 6.07) is 17.5. The summed E-state index contributed by atoms with van der Waals surface area (Å²) < 4.78 is 5.05. The Bertz CT molecular complexity index is 523. The Balaban J connectivity index is 2.25. The van der Waals surface area contributed by atoms with E-state index in [1.807, 2.05) is 55.5 Å². The number of ether oxygens (including phenoxy) is 1. The molecular weight excluding hydrogens is 244 g/mol. The lowest BCUT2D eigenvalue weighted by Gasteiger charge is -2.08. The van der Waals surface area contributed by atoms with E-state index in [4.69, 9.17) is 4.74 Å². The van der Waals surface area contributed by atoms with E-state index in [0.29, 0.717) is 12.2 Å². The summed E-state index contributed by atoms with van der Waals surface area (Å²) >= 11 is 1.57. The topological polar surface area (TPSA) is 26.3 Å². The van der Waals surface area contributed by atoms with Crippen molar-refractivity contribution in [1.82, 2.24) is 0 Å². The summed E-state index contributed by atoms with van der Waals surface area (Å²) in [7, 11) is 0. The number of rotatable bonds is 4. The Morgan fingerprint density at radius 3 is 2.44 bits per heavy atom. The van der Waals surface area contributed by atoms with Gasteiger partial charge in [0.1, 0.15) is 0 Å². The minimum atomic E-state index is -0.267. The first-order valence-electron chi connectivity index (χ1n) is 5.80. The zero-order chi connectivity index (χ0) is 12.8. The van der Waals surface area contributed by atoms with Crippen molar-refractivity contribution in [3.8, 4) is 0 Å². The molecule has 2 aromatic rings. The Labute approximate surface area is 111 Å². The first-order valence-corrected chi connectivity index (χ1v) is 6.62. The van der Waals surface area contributed by atoms with Crippen LogP contribution in [0.4, 0.5) is 0 Å². The molecule has 2 nitrogen and oxygen atoms in total. The molecule has 0 N–H and O–H groups in total. The molecule has 0 aliphatic carbocycles. The van der Waals surface area contributed by atoms with Gasteiger partial charge in [0, 0.05) is 9.79 Å². The van der Waals surface area contributed by atoms with Crippen LogP contribution in [0.1, 0.15) is 17.3 Å². The van der Waals surface area contributed by atoms with Gasteiger partial charge in [-0.25, -0.2) is 4.79 Å². The van der Waals surface area contributed by atoms with Gasteiger partial charge in [0.05, 0.1) is 12.2 Å². The molecule has 0 aliphatic heterocycles. The van der Waals surface area contributed by atoms with Crippen LogP contribution >= 0.6 is 11.8 Å². The Morgan fingerprint density at radius 2 is 1.72 bits per heavy atom. The predicted molar refractivity (Wildman–Crippen MR) is 73.0 cm³/mol. The van der Waals surface area contributed by atoms with E-state index >= 15 is 0 Å². The van der Waals surface area contributed by atoms with Crippen molar-refractivity contribution in [1.29, 1.82) is 0 Å². The van der Waals surface area contributed by atoms with Gasteiger partial charge in [-0.15, -0.1) is 0 Å². The molecule has 2 aromatic carbocycles. The number of carbonyl (C=O) groups excluding carboxylic acids is 1. The van der Waals surface area contributed by atoms with Crippen LogP contribution in [0.5, 0.6) is 0 Å². The largest absolute Gasteiger partial charge is 0.462 e. The zero-order valence-electron chi connectivity index (χ0n) is 10.1. The third-order valence-electron chi connectivity index (χ3n) is 2.35. The maximum Gasteiger partial charge on any atom is 0.339 e. The van der Waals surface area contributed by atoms with Crippen LogP contribution < -0.4 is 0 Å². The second-order valence-electron chi connectivity index (χ2n) is 3.63. The van der Waals surface area contributed by atoms with E-state index in [2.05, 4.69) is 0 Å². The first kappa shape index (κ1) is 12.7. The van der Waals surface area contributed by atoms with E-state index in [-0.39, 0.29) is 5.97 Å². The molecule has 3 heteroatoms. The molecule has 0 heterocycles. The molecule has 0 fully saturated rings. The zero-order valence-corrected chi connectivity index (χ0v) is 10.9. The third-order valence-corrected chi connectivity index (χ3v) is 3.44. The quantitative estimate of drug-likeness (QED) is 0.775. The highest BCUT2D eigenvalue weighted by atomic mass is 32.2. The standard InChI is InChI=1S/C15H14O2S/c1-2-17-15(16)13-10-6-7-11-14(13)18-12-8-4-3-5-9-12/h3-11H,2H2,1H3. The summed E-state index contributed by atoms with van der Waals surface area (Å²) in [6.45, 7) is 2.20.